The Hall–Kier alpha value is -2.73. The molecule has 1 saturated carbocycles. The van der Waals surface area contributed by atoms with Crippen molar-refractivity contribution in [3.63, 3.8) is 0 Å². The second-order valence-electron chi connectivity index (χ2n) is 10.2. The molecular formula is C28H38FN5O2. The van der Waals surface area contributed by atoms with Crippen LogP contribution in [0.4, 0.5) is 15.9 Å². The molecule has 8 heteroatoms. The largest absolute Gasteiger partial charge is 0.383 e. The molecule has 1 aromatic carbocycles. The van der Waals surface area contributed by atoms with E-state index in [0.717, 1.165) is 36.9 Å². The number of pyridine rings is 1. The van der Waals surface area contributed by atoms with Crippen molar-refractivity contribution in [2.45, 2.75) is 63.6 Å². The van der Waals surface area contributed by atoms with E-state index in [-0.39, 0.29) is 5.82 Å². The topological polar surface area (TPSA) is 91.2 Å². The minimum atomic E-state index is -0.427. The molecule has 7 nitrogen and oxygen atoms in total. The third kappa shape index (κ3) is 6.94. The van der Waals surface area contributed by atoms with Gasteiger partial charge in [0.05, 0.1) is 24.3 Å². The summed E-state index contributed by atoms with van der Waals surface area (Å²) in [6.07, 6.45) is 6.98. The molecule has 2 aromatic rings. The average molecular weight is 496 g/mol. The number of rotatable bonds is 10. The quantitative estimate of drug-likeness (QED) is 0.429. The Morgan fingerprint density at radius 3 is 2.67 bits per heavy atom. The van der Waals surface area contributed by atoms with Crippen LogP contribution in [0.2, 0.25) is 0 Å². The van der Waals surface area contributed by atoms with E-state index in [1.165, 1.54) is 6.20 Å². The molecule has 1 saturated heterocycles. The van der Waals surface area contributed by atoms with Crippen LogP contribution in [0.5, 0.6) is 0 Å². The van der Waals surface area contributed by atoms with Gasteiger partial charge in [-0.1, -0.05) is 12.1 Å². The number of hydrogen-bond acceptors (Lipinski definition) is 7. The number of anilines is 2. The van der Waals surface area contributed by atoms with Gasteiger partial charge >= 0.3 is 0 Å². The maximum absolute atomic E-state index is 14.8. The van der Waals surface area contributed by atoms with Crippen molar-refractivity contribution in [1.82, 2.24) is 10.3 Å². The Balaban J connectivity index is 1.37. The molecule has 1 aliphatic carbocycles. The van der Waals surface area contributed by atoms with Crippen LogP contribution in [0, 0.1) is 22.6 Å². The summed E-state index contributed by atoms with van der Waals surface area (Å²) >= 11 is 0. The monoisotopic (exact) mass is 495 g/mol. The molecular weight excluding hydrogens is 457 g/mol. The third-order valence-corrected chi connectivity index (χ3v) is 7.36. The molecule has 1 atom stereocenters. The van der Waals surface area contributed by atoms with Crippen molar-refractivity contribution in [1.29, 1.82) is 5.26 Å². The Labute approximate surface area is 213 Å². The zero-order valence-electron chi connectivity index (χ0n) is 21.4. The first-order chi connectivity index (χ1) is 17.5. The maximum Gasteiger partial charge on any atom is 0.149 e. The normalized spacial score (nSPS) is 22.4. The lowest BCUT2D eigenvalue weighted by molar-refractivity contribution is 0.0456. The summed E-state index contributed by atoms with van der Waals surface area (Å²) in [6.45, 7) is 4.63. The first kappa shape index (κ1) is 26.3. The Morgan fingerprint density at radius 2 is 1.94 bits per heavy atom. The molecule has 0 amide bonds. The van der Waals surface area contributed by atoms with Gasteiger partial charge in [0.2, 0.25) is 0 Å². The Kier molecular flexibility index (Phi) is 9.13. The van der Waals surface area contributed by atoms with E-state index in [4.69, 9.17) is 9.47 Å². The lowest BCUT2D eigenvalue weighted by Crippen LogP contribution is -2.42. The summed E-state index contributed by atoms with van der Waals surface area (Å²) in [6, 6.07) is 13.1. The number of aromatic nitrogens is 1. The van der Waals surface area contributed by atoms with Crippen molar-refractivity contribution in [3.05, 3.63) is 42.3 Å². The smallest absolute Gasteiger partial charge is 0.149 e. The molecule has 0 radical (unpaired) electrons. The second-order valence-corrected chi connectivity index (χ2v) is 10.2. The zero-order valence-corrected chi connectivity index (χ0v) is 21.4. The standard InChI is InChI=1S/C28H38FN5O2/c1-20(17-35-2)33-22-6-8-23(9-7-22)34-27-15-25(26(29)16-31-27)21-4-3-5-24(14-21)32-19-28(18-30)10-12-36-13-11-28/h3-5,14-16,20,22-23,32-33H,6-13,17,19H2,1-2H3,(H,31,34)/t20-,22-,23-/m0/s1. The van der Waals surface area contributed by atoms with Crippen molar-refractivity contribution in [3.8, 4) is 17.2 Å². The van der Waals surface area contributed by atoms with Gasteiger partial charge in [-0.05, 0) is 69.2 Å². The molecule has 4 rings (SSSR count). The maximum atomic E-state index is 14.8. The van der Waals surface area contributed by atoms with Gasteiger partial charge in [0.1, 0.15) is 11.6 Å². The van der Waals surface area contributed by atoms with E-state index in [2.05, 4.69) is 33.9 Å². The van der Waals surface area contributed by atoms with Crippen LogP contribution >= 0.6 is 0 Å². The molecule has 1 aromatic heterocycles. The van der Waals surface area contributed by atoms with Gasteiger partial charge in [0.15, 0.2) is 0 Å². The number of hydrogen-bond donors (Lipinski definition) is 3. The summed E-state index contributed by atoms with van der Waals surface area (Å²) in [5.74, 6) is 0.343. The molecule has 194 valence electrons. The van der Waals surface area contributed by atoms with Crippen LogP contribution in [-0.4, -0.2) is 56.6 Å². The van der Waals surface area contributed by atoms with Crippen LogP contribution in [0.3, 0.4) is 0 Å². The van der Waals surface area contributed by atoms with Crippen LogP contribution in [0.15, 0.2) is 36.5 Å². The zero-order chi connectivity index (χ0) is 25.4. The number of methoxy groups -OCH3 is 1. The fourth-order valence-corrected chi connectivity index (χ4v) is 5.21. The lowest BCUT2D eigenvalue weighted by Gasteiger charge is -2.32. The number of halogens is 1. The highest BCUT2D eigenvalue weighted by atomic mass is 19.1. The number of ether oxygens (including phenoxy) is 2. The number of benzene rings is 1. The molecule has 0 unspecified atom stereocenters. The van der Waals surface area contributed by atoms with Crippen molar-refractivity contribution in [2.75, 3.05) is 44.1 Å². The van der Waals surface area contributed by atoms with E-state index in [1.54, 1.807) is 13.2 Å². The molecule has 2 heterocycles. The Morgan fingerprint density at radius 1 is 1.19 bits per heavy atom. The van der Waals surface area contributed by atoms with Crippen LogP contribution < -0.4 is 16.0 Å². The van der Waals surface area contributed by atoms with E-state index in [9.17, 15) is 9.65 Å². The summed E-state index contributed by atoms with van der Waals surface area (Å²) in [5.41, 5.74) is 1.73. The van der Waals surface area contributed by atoms with Crippen molar-refractivity contribution < 1.29 is 13.9 Å². The average Bonchev–Trinajstić information content (AvgIpc) is 2.90. The number of nitriles is 1. The fraction of sp³-hybridized carbons (Fsp3) is 0.571. The first-order valence-electron chi connectivity index (χ1n) is 13.0. The highest BCUT2D eigenvalue weighted by Crippen LogP contribution is 2.32. The molecule has 2 aliphatic rings. The predicted molar refractivity (Wildman–Crippen MR) is 140 cm³/mol. The molecule has 1 aliphatic heterocycles. The predicted octanol–water partition coefficient (Wildman–Crippen LogP) is 4.97. The van der Waals surface area contributed by atoms with E-state index >= 15 is 0 Å². The van der Waals surface area contributed by atoms with Gasteiger partial charge in [-0.3, -0.25) is 0 Å². The fourth-order valence-electron chi connectivity index (χ4n) is 5.21. The van der Waals surface area contributed by atoms with Crippen molar-refractivity contribution >= 4 is 11.5 Å². The third-order valence-electron chi connectivity index (χ3n) is 7.36. The van der Waals surface area contributed by atoms with Crippen LogP contribution in [0.1, 0.15) is 45.4 Å². The second kappa shape index (κ2) is 12.5. The first-order valence-corrected chi connectivity index (χ1v) is 13.0. The molecule has 36 heavy (non-hydrogen) atoms. The summed E-state index contributed by atoms with van der Waals surface area (Å²) in [7, 11) is 1.73. The molecule has 0 bridgehead atoms. The highest BCUT2D eigenvalue weighted by Gasteiger charge is 2.32. The van der Waals surface area contributed by atoms with Gasteiger partial charge in [0.25, 0.3) is 0 Å². The summed E-state index contributed by atoms with van der Waals surface area (Å²) in [5, 5.41) is 20.3. The highest BCUT2D eigenvalue weighted by molar-refractivity contribution is 5.70. The van der Waals surface area contributed by atoms with E-state index < -0.39 is 5.41 Å². The van der Waals surface area contributed by atoms with Crippen molar-refractivity contribution in [2.24, 2.45) is 5.41 Å². The lowest BCUT2D eigenvalue weighted by atomic mass is 9.81. The molecule has 0 spiro atoms. The Bertz CT molecular complexity index is 1030. The summed E-state index contributed by atoms with van der Waals surface area (Å²) in [4.78, 5) is 4.31. The van der Waals surface area contributed by atoms with E-state index in [0.29, 0.717) is 68.7 Å². The molecule has 2 fully saturated rings. The SMILES string of the molecule is COC[C@H](C)N[C@H]1CC[C@H](Nc2cc(-c3cccc(NCC4(C#N)CCOCC4)c3)c(F)cn2)CC1. The van der Waals surface area contributed by atoms with Gasteiger partial charge in [0, 0.05) is 56.2 Å². The summed E-state index contributed by atoms with van der Waals surface area (Å²) < 4.78 is 25.5. The van der Waals surface area contributed by atoms with Crippen LogP contribution in [0.25, 0.3) is 11.1 Å². The minimum Gasteiger partial charge on any atom is -0.383 e. The number of nitrogens with zero attached hydrogens (tertiary/aromatic N) is 2. The van der Waals surface area contributed by atoms with Gasteiger partial charge in [-0.2, -0.15) is 5.26 Å². The van der Waals surface area contributed by atoms with Gasteiger partial charge in [-0.15, -0.1) is 0 Å². The van der Waals surface area contributed by atoms with E-state index in [1.807, 2.05) is 24.3 Å². The number of nitrogens with one attached hydrogen (secondary N) is 3. The molecule has 3 N–H and O–H groups in total. The van der Waals surface area contributed by atoms with Gasteiger partial charge in [-0.25, -0.2) is 9.37 Å². The minimum absolute atomic E-state index is 0.321. The van der Waals surface area contributed by atoms with Crippen LogP contribution in [-0.2, 0) is 9.47 Å². The van der Waals surface area contributed by atoms with Gasteiger partial charge < -0.3 is 25.4 Å².